The molecule has 20 heavy (non-hydrogen) atoms. The highest BCUT2D eigenvalue weighted by Gasteiger charge is 2.25. The SMILES string of the molecule is Cn1cnc(CCNS(=O)(=O)c2scnc2C(=O)O)n1. The number of nitrogens with one attached hydrogen (secondary N) is 1. The number of aryl methyl sites for hydroxylation is 1. The zero-order valence-corrected chi connectivity index (χ0v) is 12.0. The smallest absolute Gasteiger partial charge is 0.356 e. The molecule has 108 valence electrons. The number of nitrogens with zero attached hydrogens (tertiary/aromatic N) is 4. The van der Waals surface area contributed by atoms with E-state index >= 15 is 0 Å². The summed E-state index contributed by atoms with van der Waals surface area (Å²) in [4.78, 5) is 18.3. The highest BCUT2D eigenvalue weighted by Crippen LogP contribution is 2.19. The summed E-state index contributed by atoms with van der Waals surface area (Å²) in [6.07, 6.45) is 1.82. The first-order chi connectivity index (χ1) is 9.40. The monoisotopic (exact) mass is 317 g/mol. The fourth-order valence-electron chi connectivity index (χ4n) is 1.43. The number of aromatic nitrogens is 4. The van der Waals surface area contributed by atoms with E-state index in [0.29, 0.717) is 12.2 Å². The minimum Gasteiger partial charge on any atom is -0.476 e. The molecule has 9 nitrogen and oxygen atoms in total. The molecule has 0 aliphatic heterocycles. The quantitative estimate of drug-likeness (QED) is 0.734. The van der Waals surface area contributed by atoms with Crippen molar-refractivity contribution in [1.29, 1.82) is 0 Å². The van der Waals surface area contributed by atoms with Crippen molar-refractivity contribution in [3.63, 3.8) is 0 Å². The molecule has 0 fully saturated rings. The number of thiazole rings is 1. The summed E-state index contributed by atoms with van der Waals surface area (Å²) < 4.78 is 27.4. The summed E-state index contributed by atoms with van der Waals surface area (Å²) in [7, 11) is -2.19. The Labute approximate surface area is 118 Å². The molecule has 0 aliphatic carbocycles. The molecule has 2 rings (SSSR count). The summed E-state index contributed by atoms with van der Waals surface area (Å²) in [5, 5.41) is 12.9. The van der Waals surface area contributed by atoms with E-state index in [1.807, 2.05) is 0 Å². The van der Waals surface area contributed by atoms with Gasteiger partial charge >= 0.3 is 5.97 Å². The first-order valence-corrected chi connectivity index (χ1v) is 7.77. The predicted molar refractivity (Wildman–Crippen MR) is 69.0 cm³/mol. The molecule has 0 aromatic carbocycles. The third-order valence-electron chi connectivity index (χ3n) is 2.27. The normalized spacial score (nSPS) is 11.7. The lowest BCUT2D eigenvalue weighted by Gasteiger charge is -2.03. The molecule has 11 heteroatoms. The summed E-state index contributed by atoms with van der Waals surface area (Å²) in [6, 6.07) is 0. The van der Waals surface area contributed by atoms with E-state index in [0.717, 1.165) is 11.3 Å². The standard InChI is InChI=1S/C9H11N5O4S2/c1-14-4-10-6(13-14)2-3-12-20(17,18)9-7(8(15)16)11-5-19-9/h4-5,12H,2-3H2,1H3,(H,15,16). The van der Waals surface area contributed by atoms with Crippen LogP contribution in [0.2, 0.25) is 0 Å². The van der Waals surface area contributed by atoms with Gasteiger partial charge in [-0.25, -0.2) is 27.9 Å². The van der Waals surface area contributed by atoms with Crippen molar-refractivity contribution < 1.29 is 18.3 Å². The van der Waals surface area contributed by atoms with Crippen LogP contribution in [0.15, 0.2) is 16.0 Å². The molecule has 0 aliphatic rings. The topological polar surface area (TPSA) is 127 Å². The van der Waals surface area contributed by atoms with Crippen LogP contribution >= 0.6 is 11.3 Å². The van der Waals surface area contributed by atoms with Gasteiger partial charge in [0.05, 0.1) is 5.51 Å². The van der Waals surface area contributed by atoms with Gasteiger partial charge in [-0.05, 0) is 0 Å². The van der Waals surface area contributed by atoms with Crippen LogP contribution in [0.1, 0.15) is 16.3 Å². The molecule has 2 heterocycles. The maximum atomic E-state index is 12.0. The third-order valence-corrected chi connectivity index (χ3v) is 5.10. The number of hydrogen-bond donors (Lipinski definition) is 2. The second-order valence-electron chi connectivity index (χ2n) is 3.78. The number of carbonyl (C=O) groups is 1. The van der Waals surface area contributed by atoms with Crippen LogP contribution in [-0.2, 0) is 23.5 Å². The zero-order chi connectivity index (χ0) is 14.8. The highest BCUT2D eigenvalue weighted by atomic mass is 32.2. The maximum absolute atomic E-state index is 12.0. The van der Waals surface area contributed by atoms with Crippen molar-refractivity contribution >= 4 is 27.3 Å². The van der Waals surface area contributed by atoms with Crippen LogP contribution < -0.4 is 4.72 Å². The predicted octanol–water partition coefficient (Wildman–Crippen LogP) is -0.509. The molecule has 0 saturated carbocycles. The Morgan fingerprint density at radius 3 is 2.85 bits per heavy atom. The van der Waals surface area contributed by atoms with Gasteiger partial charge in [0.2, 0.25) is 0 Å². The van der Waals surface area contributed by atoms with Crippen molar-refractivity contribution in [2.45, 2.75) is 10.6 Å². The Morgan fingerprint density at radius 1 is 1.50 bits per heavy atom. The van der Waals surface area contributed by atoms with E-state index < -0.39 is 21.7 Å². The van der Waals surface area contributed by atoms with Gasteiger partial charge in [-0.2, -0.15) is 5.10 Å². The highest BCUT2D eigenvalue weighted by molar-refractivity contribution is 7.91. The van der Waals surface area contributed by atoms with Crippen molar-refractivity contribution in [2.24, 2.45) is 7.05 Å². The molecule has 0 bridgehead atoms. The van der Waals surface area contributed by atoms with E-state index in [1.165, 1.54) is 16.5 Å². The molecule has 0 atom stereocenters. The molecule has 2 aromatic rings. The third kappa shape index (κ3) is 3.18. The fraction of sp³-hybridized carbons (Fsp3) is 0.333. The molecule has 2 aromatic heterocycles. The summed E-state index contributed by atoms with van der Waals surface area (Å²) in [5.74, 6) is -0.879. The van der Waals surface area contributed by atoms with Gasteiger partial charge in [-0.3, -0.25) is 4.68 Å². The van der Waals surface area contributed by atoms with Crippen molar-refractivity contribution in [3.05, 3.63) is 23.4 Å². The Morgan fingerprint density at radius 2 is 2.25 bits per heavy atom. The number of carboxylic acids is 1. The number of sulfonamides is 1. The van der Waals surface area contributed by atoms with Gasteiger partial charge < -0.3 is 5.11 Å². The molecule has 0 unspecified atom stereocenters. The average molecular weight is 317 g/mol. The van der Waals surface area contributed by atoms with Crippen molar-refractivity contribution in [2.75, 3.05) is 6.54 Å². The lowest BCUT2D eigenvalue weighted by Crippen LogP contribution is -2.27. The minimum absolute atomic E-state index is 0.0727. The van der Waals surface area contributed by atoms with E-state index in [4.69, 9.17) is 5.11 Å². The van der Waals surface area contributed by atoms with Crippen molar-refractivity contribution in [1.82, 2.24) is 24.5 Å². The molecule has 0 radical (unpaired) electrons. The average Bonchev–Trinajstić information content (AvgIpc) is 2.97. The zero-order valence-electron chi connectivity index (χ0n) is 10.3. The van der Waals surface area contributed by atoms with Crippen LogP contribution in [0.4, 0.5) is 0 Å². The van der Waals surface area contributed by atoms with Crippen LogP contribution in [0.3, 0.4) is 0 Å². The van der Waals surface area contributed by atoms with E-state index in [9.17, 15) is 13.2 Å². The van der Waals surface area contributed by atoms with Crippen LogP contribution in [0.5, 0.6) is 0 Å². The minimum atomic E-state index is -3.89. The first-order valence-electron chi connectivity index (χ1n) is 5.41. The van der Waals surface area contributed by atoms with Crippen molar-refractivity contribution in [3.8, 4) is 0 Å². The molecule has 0 spiro atoms. The lowest BCUT2D eigenvalue weighted by atomic mass is 10.4. The Kier molecular flexibility index (Phi) is 4.11. The van der Waals surface area contributed by atoms with Gasteiger partial charge in [-0.15, -0.1) is 11.3 Å². The molecule has 0 saturated heterocycles. The summed E-state index contributed by atoms with van der Waals surface area (Å²) in [6.45, 7) is 0.0727. The second kappa shape index (κ2) is 5.64. The van der Waals surface area contributed by atoms with Gasteiger partial charge in [0.25, 0.3) is 10.0 Å². The fourth-order valence-corrected chi connectivity index (χ4v) is 3.64. The van der Waals surface area contributed by atoms with Crippen LogP contribution in [0, 0.1) is 0 Å². The van der Waals surface area contributed by atoms with Gasteiger partial charge in [0.1, 0.15) is 6.33 Å². The Balaban J connectivity index is 2.04. The molecular weight excluding hydrogens is 306 g/mol. The van der Waals surface area contributed by atoms with E-state index in [2.05, 4.69) is 19.8 Å². The maximum Gasteiger partial charge on any atom is 0.356 e. The van der Waals surface area contributed by atoms with Gasteiger partial charge in [-0.1, -0.05) is 0 Å². The van der Waals surface area contributed by atoms with Gasteiger partial charge in [0, 0.05) is 20.0 Å². The number of rotatable bonds is 6. The van der Waals surface area contributed by atoms with Crippen LogP contribution in [-0.4, -0.2) is 45.8 Å². The molecule has 2 N–H and O–H groups in total. The number of aromatic carboxylic acids is 1. The summed E-state index contributed by atoms with van der Waals surface area (Å²) >= 11 is 0.757. The largest absolute Gasteiger partial charge is 0.476 e. The lowest BCUT2D eigenvalue weighted by molar-refractivity contribution is 0.0687. The first kappa shape index (κ1) is 14.6. The molecule has 0 amide bonds. The Hall–Kier alpha value is -1.85. The number of carboxylic acid groups (broad SMARTS) is 1. The van der Waals surface area contributed by atoms with Gasteiger partial charge in [0.15, 0.2) is 15.7 Å². The second-order valence-corrected chi connectivity index (χ2v) is 6.59. The summed E-state index contributed by atoms with van der Waals surface area (Å²) in [5.41, 5.74) is 0.705. The molecular formula is C9H11N5O4S2. The van der Waals surface area contributed by atoms with E-state index in [1.54, 1.807) is 7.05 Å². The van der Waals surface area contributed by atoms with Crippen LogP contribution in [0.25, 0.3) is 0 Å². The van der Waals surface area contributed by atoms with E-state index in [-0.39, 0.29) is 10.8 Å². The Bertz CT molecular complexity index is 720. The number of hydrogen-bond acceptors (Lipinski definition) is 7.